The standard InChI is InChI=1S/C15H17FN4O2/c1-17-9-10-19(2)15(22)13-7-8-14(21)20(18-13)12-5-3-11(16)4-6-12/h3-8,17H,9-10H2,1-2H3. The van der Waals surface area contributed by atoms with Gasteiger partial charge in [0.05, 0.1) is 5.69 Å². The van der Waals surface area contributed by atoms with E-state index in [0.29, 0.717) is 18.8 Å². The van der Waals surface area contributed by atoms with Gasteiger partial charge in [-0.05, 0) is 37.4 Å². The largest absolute Gasteiger partial charge is 0.339 e. The van der Waals surface area contributed by atoms with Crippen molar-refractivity contribution < 1.29 is 9.18 Å². The van der Waals surface area contributed by atoms with Gasteiger partial charge in [-0.1, -0.05) is 0 Å². The molecule has 0 aliphatic rings. The average Bonchev–Trinajstić information content (AvgIpc) is 2.53. The van der Waals surface area contributed by atoms with Gasteiger partial charge in [0.25, 0.3) is 11.5 Å². The molecule has 0 radical (unpaired) electrons. The molecule has 1 aromatic heterocycles. The molecule has 116 valence electrons. The lowest BCUT2D eigenvalue weighted by molar-refractivity contribution is 0.0789. The summed E-state index contributed by atoms with van der Waals surface area (Å²) in [7, 11) is 3.46. The molecular weight excluding hydrogens is 287 g/mol. The number of halogens is 1. The molecule has 0 unspecified atom stereocenters. The summed E-state index contributed by atoms with van der Waals surface area (Å²) < 4.78 is 14.0. The highest BCUT2D eigenvalue weighted by Gasteiger charge is 2.14. The number of likely N-dealkylation sites (N-methyl/N-ethyl adjacent to an activating group) is 2. The van der Waals surface area contributed by atoms with E-state index < -0.39 is 5.82 Å². The fraction of sp³-hybridized carbons (Fsp3) is 0.267. The molecule has 22 heavy (non-hydrogen) atoms. The van der Waals surface area contributed by atoms with Crippen LogP contribution in [-0.4, -0.2) is 47.8 Å². The lowest BCUT2D eigenvalue weighted by atomic mass is 10.3. The highest BCUT2D eigenvalue weighted by molar-refractivity contribution is 5.91. The fourth-order valence-electron chi connectivity index (χ4n) is 1.87. The Labute approximate surface area is 127 Å². The van der Waals surface area contributed by atoms with Crippen molar-refractivity contribution in [3.05, 3.63) is 58.3 Å². The number of nitrogens with zero attached hydrogens (tertiary/aromatic N) is 3. The summed E-state index contributed by atoms with van der Waals surface area (Å²) in [4.78, 5) is 25.7. The molecule has 2 rings (SSSR count). The Morgan fingerprint density at radius 2 is 1.95 bits per heavy atom. The summed E-state index contributed by atoms with van der Waals surface area (Å²) in [6.45, 7) is 1.17. The summed E-state index contributed by atoms with van der Waals surface area (Å²) >= 11 is 0. The average molecular weight is 304 g/mol. The first kappa shape index (κ1) is 15.8. The van der Waals surface area contributed by atoms with Crippen LogP contribution < -0.4 is 10.9 Å². The van der Waals surface area contributed by atoms with Crippen LogP contribution in [0, 0.1) is 5.82 Å². The Morgan fingerprint density at radius 1 is 1.27 bits per heavy atom. The van der Waals surface area contributed by atoms with E-state index >= 15 is 0 Å². The van der Waals surface area contributed by atoms with E-state index in [2.05, 4.69) is 10.4 Å². The Balaban J connectivity index is 2.32. The SMILES string of the molecule is CNCCN(C)C(=O)c1ccc(=O)n(-c2ccc(F)cc2)n1. The predicted octanol–water partition coefficient (Wildman–Crippen LogP) is 0.663. The van der Waals surface area contributed by atoms with Gasteiger partial charge in [-0.3, -0.25) is 9.59 Å². The van der Waals surface area contributed by atoms with Crippen molar-refractivity contribution in [3.8, 4) is 5.69 Å². The van der Waals surface area contributed by atoms with Crippen LogP contribution in [0.25, 0.3) is 5.69 Å². The number of benzene rings is 1. The van der Waals surface area contributed by atoms with Crippen molar-refractivity contribution in [3.63, 3.8) is 0 Å². The third kappa shape index (κ3) is 3.56. The topological polar surface area (TPSA) is 67.2 Å². The smallest absolute Gasteiger partial charge is 0.274 e. The van der Waals surface area contributed by atoms with Crippen LogP contribution >= 0.6 is 0 Å². The maximum absolute atomic E-state index is 13.0. The molecule has 0 atom stereocenters. The summed E-state index contributed by atoms with van der Waals surface area (Å²) in [6.07, 6.45) is 0. The number of rotatable bonds is 5. The molecule has 0 spiro atoms. The maximum Gasteiger partial charge on any atom is 0.274 e. The highest BCUT2D eigenvalue weighted by Crippen LogP contribution is 2.06. The zero-order valence-electron chi connectivity index (χ0n) is 12.4. The van der Waals surface area contributed by atoms with Crippen LogP contribution in [0.2, 0.25) is 0 Å². The molecule has 0 saturated carbocycles. The number of carbonyl (C=O) groups is 1. The van der Waals surface area contributed by atoms with Crippen molar-refractivity contribution in [2.75, 3.05) is 27.2 Å². The van der Waals surface area contributed by atoms with Crippen molar-refractivity contribution in [1.82, 2.24) is 20.0 Å². The molecule has 7 heteroatoms. The van der Waals surface area contributed by atoms with E-state index in [1.807, 2.05) is 0 Å². The monoisotopic (exact) mass is 304 g/mol. The Hall–Kier alpha value is -2.54. The van der Waals surface area contributed by atoms with E-state index in [-0.39, 0.29) is 17.2 Å². The second kappa shape index (κ2) is 6.95. The quantitative estimate of drug-likeness (QED) is 0.881. The lowest BCUT2D eigenvalue weighted by Gasteiger charge is -2.16. The maximum atomic E-state index is 13.0. The molecule has 1 aromatic carbocycles. The molecular formula is C15H17FN4O2. The molecule has 0 aliphatic heterocycles. The Kier molecular flexibility index (Phi) is 5.00. The van der Waals surface area contributed by atoms with Gasteiger partial charge in [0.15, 0.2) is 0 Å². The van der Waals surface area contributed by atoms with Crippen LogP contribution in [0.4, 0.5) is 4.39 Å². The minimum atomic E-state index is -0.407. The number of nitrogens with one attached hydrogen (secondary N) is 1. The molecule has 1 amide bonds. The first-order chi connectivity index (χ1) is 10.5. The van der Waals surface area contributed by atoms with Crippen LogP contribution in [0.5, 0.6) is 0 Å². The first-order valence-electron chi connectivity index (χ1n) is 6.79. The van der Waals surface area contributed by atoms with Crippen molar-refractivity contribution in [1.29, 1.82) is 0 Å². The first-order valence-corrected chi connectivity index (χ1v) is 6.79. The normalized spacial score (nSPS) is 10.5. The molecule has 0 aliphatic carbocycles. The summed E-state index contributed by atoms with van der Waals surface area (Å²) in [5.74, 6) is -0.693. The number of hydrogen-bond donors (Lipinski definition) is 1. The van der Waals surface area contributed by atoms with E-state index in [4.69, 9.17) is 0 Å². The summed E-state index contributed by atoms with van der Waals surface area (Å²) in [5, 5.41) is 7.02. The Morgan fingerprint density at radius 3 is 2.59 bits per heavy atom. The number of hydrogen-bond acceptors (Lipinski definition) is 4. The van der Waals surface area contributed by atoms with Gasteiger partial charge < -0.3 is 10.2 Å². The van der Waals surface area contributed by atoms with E-state index in [9.17, 15) is 14.0 Å². The second-order valence-corrected chi connectivity index (χ2v) is 4.78. The molecule has 2 aromatic rings. The van der Waals surface area contributed by atoms with Crippen LogP contribution in [0.1, 0.15) is 10.5 Å². The van der Waals surface area contributed by atoms with Gasteiger partial charge >= 0.3 is 0 Å². The molecule has 0 saturated heterocycles. The van der Waals surface area contributed by atoms with Gasteiger partial charge in [0, 0.05) is 26.2 Å². The van der Waals surface area contributed by atoms with E-state index in [0.717, 1.165) is 4.68 Å². The predicted molar refractivity (Wildman–Crippen MR) is 80.7 cm³/mol. The van der Waals surface area contributed by atoms with Gasteiger partial charge in [-0.2, -0.15) is 9.78 Å². The minimum Gasteiger partial charge on any atom is -0.339 e. The summed E-state index contributed by atoms with van der Waals surface area (Å²) in [5.41, 5.74) is 0.169. The highest BCUT2D eigenvalue weighted by atomic mass is 19.1. The molecule has 0 fully saturated rings. The van der Waals surface area contributed by atoms with Gasteiger partial charge in [0.1, 0.15) is 11.5 Å². The van der Waals surface area contributed by atoms with Crippen molar-refractivity contribution in [2.24, 2.45) is 0 Å². The van der Waals surface area contributed by atoms with Gasteiger partial charge in [-0.25, -0.2) is 4.39 Å². The molecule has 0 bridgehead atoms. The zero-order valence-corrected chi connectivity index (χ0v) is 12.4. The van der Waals surface area contributed by atoms with Crippen LogP contribution in [0.15, 0.2) is 41.2 Å². The number of aromatic nitrogens is 2. The van der Waals surface area contributed by atoms with Crippen LogP contribution in [-0.2, 0) is 0 Å². The van der Waals surface area contributed by atoms with E-state index in [1.54, 1.807) is 14.1 Å². The molecule has 1 heterocycles. The zero-order chi connectivity index (χ0) is 16.1. The Bertz CT molecular complexity index is 712. The fourth-order valence-corrected chi connectivity index (χ4v) is 1.87. The lowest BCUT2D eigenvalue weighted by Crippen LogP contribution is -2.34. The van der Waals surface area contributed by atoms with Crippen LogP contribution in [0.3, 0.4) is 0 Å². The van der Waals surface area contributed by atoms with Gasteiger partial charge in [0.2, 0.25) is 0 Å². The molecule has 1 N–H and O–H groups in total. The number of amides is 1. The van der Waals surface area contributed by atoms with Gasteiger partial charge in [-0.15, -0.1) is 0 Å². The van der Waals surface area contributed by atoms with E-state index in [1.165, 1.54) is 41.3 Å². The van der Waals surface area contributed by atoms with Crippen molar-refractivity contribution >= 4 is 5.91 Å². The third-order valence-electron chi connectivity index (χ3n) is 3.13. The molecule has 6 nitrogen and oxygen atoms in total. The summed E-state index contributed by atoms with van der Waals surface area (Å²) in [6, 6.07) is 8.00. The number of carbonyl (C=O) groups excluding carboxylic acids is 1. The minimum absolute atomic E-state index is 0.155. The third-order valence-corrected chi connectivity index (χ3v) is 3.13. The second-order valence-electron chi connectivity index (χ2n) is 4.78. The van der Waals surface area contributed by atoms with Crippen molar-refractivity contribution in [2.45, 2.75) is 0 Å².